The Morgan fingerprint density at radius 3 is 2.88 bits per heavy atom. The van der Waals surface area contributed by atoms with Gasteiger partial charge in [-0.1, -0.05) is 12.1 Å². The number of carbonyl (C=O) groups excluding carboxylic acids is 1. The summed E-state index contributed by atoms with van der Waals surface area (Å²) in [4.78, 5) is 11.9. The number of carbonyl (C=O) groups is 1. The summed E-state index contributed by atoms with van der Waals surface area (Å²) in [6, 6.07) is 5.94. The van der Waals surface area contributed by atoms with E-state index in [0.29, 0.717) is 5.56 Å². The van der Waals surface area contributed by atoms with Crippen LogP contribution < -0.4 is 5.32 Å². The molecule has 0 bridgehead atoms. The third-order valence-corrected chi connectivity index (χ3v) is 2.78. The third-order valence-electron chi connectivity index (χ3n) is 2.78. The number of nitrogens with one attached hydrogen (secondary N) is 1. The molecule has 0 unspecified atom stereocenters. The molecule has 0 aliphatic carbocycles. The van der Waals surface area contributed by atoms with Crippen LogP contribution in [0, 0.1) is 11.7 Å². The van der Waals surface area contributed by atoms with E-state index in [9.17, 15) is 9.18 Å². The monoisotopic (exact) mass is 243 g/mol. The molecule has 1 aliphatic rings. The quantitative estimate of drug-likeness (QED) is 0.809. The molecule has 1 aliphatic heterocycles. The van der Waals surface area contributed by atoms with Gasteiger partial charge in [0.15, 0.2) is 5.78 Å². The van der Waals surface area contributed by atoms with Gasteiger partial charge in [-0.15, -0.1) is 12.4 Å². The maximum absolute atomic E-state index is 12.9. The number of benzene rings is 1. The highest BCUT2D eigenvalue weighted by Gasteiger charge is 2.22. The molecule has 0 amide bonds. The maximum Gasteiger partial charge on any atom is 0.167 e. The molecule has 88 valence electrons. The fraction of sp³-hybridized carbons (Fsp3) is 0.417. The number of ketones is 1. The van der Waals surface area contributed by atoms with Crippen LogP contribution in [0.3, 0.4) is 0 Å². The summed E-state index contributed by atoms with van der Waals surface area (Å²) in [7, 11) is 0. The van der Waals surface area contributed by atoms with E-state index in [0.717, 1.165) is 25.9 Å². The maximum atomic E-state index is 12.9. The summed E-state index contributed by atoms with van der Waals surface area (Å²) in [5.41, 5.74) is 0.490. The second kappa shape index (κ2) is 5.97. The number of piperidine rings is 1. The average molecular weight is 244 g/mol. The average Bonchev–Trinajstić information content (AvgIpc) is 2.29. The van der Waals surface area contributed by atoms with Crippen molar-refractivity contribution in [2.24, 2.45) is 5.92 Å². The smallest absolute Gasteiger partial charge is 0.167 e. The van der Waals surface area contributed by atoms with Crippen molar-refractivity contribution < 1.29 is 9.18 Å². The molecule has 1 aromatic carbocycles. The first kappa shape index (κ1) is 13.1. The van der Waals surface area contributed by atoms with Gasteiger partial charge in [0.2, 0.25) is 0 Å². The largest absolute Gasteiger partial charge is 0.316 e. The summed E-state index contributed by atoms with van der Waals surface area (Å²) in [5.74, 6) is -0.271. The van der Waals surface area contributed by atoms with Gasteiger partial charge in [-0.3, -0.25) is 4.79 Å². The molecule has 0 spiro atoms. The lowest BCUT2D eigenvalue weighted by molar-refractivity contribution is 0.0899. The topological polar surface area (TPSA) is 29.1 Å². The molecule has 2 nitrogen and oxygen atoms in total. The van der Waals surface area contributed by atoms with E-state index >= 15 is 0 Å². The Kier molecular flexibility index (Phi) is 4.90. The summed E-state index contributed by atoms with van der Waals surface area (Å²) in [6.45, 7) is 1.70. The lowest BCUT2D eigenvalue weighted by Gasteiger charge is -2.21. The van der Waals surface area contributed by atoms with Crippen LogP contribution in [0.1, 0.15) is 23.2 Å². The Bertz CT molecular complexity index is 364. The van der Waals surface area contributed by atoms with Gasteiger partial charge >= 0.3 is 0 Å². The van der Waals surface area contributed by atoms with Gasteiger partial charge in [-0.25, -0.2) is 4.39 Å². The highest BCUT2D eigenvalue weighted by molar-refractivity contribution is 5.98. The van der Waals surface area contributed by atoms with Crippen LogP contribution in [-0.4, -0.2) is 18.9 Å². The fourth-order valence-corrected chi connectivity index (χ4v) is 1.95. The predicted octanol–water partition coefficient (Wildman–Crippen LogP) is 2.43. The first-order valence-corrected chi connectivity index (χ1v) is 5.28. The van der Waals surface area contributed by atoms with Gasteiger partial charge < -0.3 is 5.32 Å². The highest BCUT2D eigenvalue weighted by Crippen LogP contribution is 2.17. The molecule has 4 heteroatoms. The van der Waals surface area contributed by atoms with E-state index in [1.807, 2.05) is 0 Å². The minimum atomic E-state index is -0.343. The van der Waals surface area contributed by atoms with Crippen molar-refractivity contribution in [3.63, 3.8) is 0 Å². The molecule has 16 heavy (non-hydrogen) atoms. The number of hydrogen-bond donors (Lipinski definition) is 1. The zero-order valence-electron chi connectivity index (χ0n) is 8.91. The number of hydrogen-bond acceptors (Lipinski definition) is 2. The zero-order chi connectivity index (χ0) is 10.7. The molecular weight excluding hydrogens is 229 g/mol. The van der Waals surface area contributed by atoms with Crippen LogP contribution in [0.5, 0.6) is 0 Å². The van der Waals surface area contributed by atoms with Gasteiger partial charge in [-0.05, 0) is 31.5 Å². The Morgan fingerprint density at radius 2 is 2.25 bits per heavy atom. The second-order valence-corrected chi connectivity index (χ2v) is 3.92. The minimum Gasteiger partial charge on any atom is -0.316 e. The normalized spacial score (nSPS) is 19.9. The van der Waals surface area contributed by atoms with Crippen LogP contribution in [0.25, 0.3) is 0 Å². The molecule has 1 fully saturated rings. The number of halogens is 2. The van der Waals surface area contributed by atoms with Crippen LogP contribution >= 0.6 is 12.4 Å². The Labute approximate surface area is 101 Å². The first-order chi connectivity index (χ1) is 7.27. The van der Waals surface area contributed by atoms with Gasteiger partial charge in [0.25, 0.3) is 0 Å². The Balaban J connectivity index is 0.00000128. The van der Waals surface area contributed by atoms with E-state index in [-0.39, 0.29) is 29.9 Å². The first-order valence-electron chi connectivity index (χ1n) is 5.28. The molecule has 1 N–H and O–H groups in total. The third kappa shape index (κ3) is 3.03. The Hall–Kier alpha value is -0.930. The molecule has 1 saturated heterocycles. The number of Topliss-reactive ketones (excluding diaryl/α,β-unsaturated/α-hetero) is 1. The molecule has 0 aromatic heterocycles. The van der Waals surface area contributed by atoms with Crippen LogP contribution in [0.4, 0.5) is 4.39 Å². The summed E-state index contributed by atoms with van der Waals surface area (Å²) in [6.07, 6.45) is 1.92. The zero-order valence-corrected chi connectivity index (χ0v) is 9.73. The molecule has 2 rings (SSSR count). The second-order valence-electron chi connectivity index (χ2n) is 3.92. The van der Waals surface area contributed by atoms with Crippen LogP contribution in [0.2, 0.25) is 0 Å². The predicted molar refractivity (Wildman–Crippen MR) is 63.6 cm³/mol. The molecule has 0 saturated carbocycles. The van der Waals surface area contributed by atoms with Crippen LogP contribution in [-0.2, 0) is 0 Å². The SMILES string of the molecule is Cl.O=C(c1cccc(F)c1)[C@H]1CCCNC1. The molecule has 1 heterocycles. The summed E-state index contributed by atoms with van der Waals surface area (Å²) < 4.78 is 12.9. The van der Waals surface area contributed by atoms with E-state index in [2.05, 4.69) is 5.32 Å². The van der Waals surface area contributed by atoms with Gasteiger partial charge in [-0.2, -0.15) is 0 Å². The standard InChI is InChI=1S/C12H14FNO.ClH/c13-11-5-1-3-9(7-11)12(15)10-4-2-6-14-8-10;/h1,3,5,7,10,14H,2,4,6,8H2;1H/t10-;/m0./s1. The molecule has 1 aromatic rings. The molecular formula is C12H15ClFNO. The van der Waals surface area contributed by atoms with E-state index in [1.54, 1.807) is 12.1 Å². The summed E-state index contributed by atoms with van der Waals surface area (Å²) >= 11 is 0. The van der Waals surface area contributed by atoms with Gasteiger partial charge in [0, 0.05) is 18.0 Å². The fourth-order valence-electron chi connectivity index (χ4n) is 1.95. The van der Waals surface area contributed by atoms with Crippen molar-refractivity contribution in [1.29, 1.82) is 0 Å². The molecule has 0 radical (unpaired) electrons. The van der Waals surface area contributed by atoms with E-state index in [1.165, 1.54) is 12.1 Å². The van der Waals surface area contributed by atoms with E-state index < -0.39 is 0 Å². The molecule has 1 atom stereocenters. The minimum absolute atomic E-state index is 0. The van der Waals surface area contributed by atoms with Crippen molar-refractivity contribution >= 4 is 18.2 Å². The van der Waals surface area contributed by atoms with Crippen molar-refractivity contribution in [3.8, 4) is 0 Å². The lowest BCUT2D eigenvalue weighted by atomic mass is 9.91. The lowest BCUT2D eigenvalue weighted by Crippen LogP contribution is -2.34. The highest BCUT2D eigenvalue weighted by atomic mass is 35.5. The Morgan fingerprint density at radius 1 is 1.44 bits per heavy atom. The van der Waals surface area contributed by atoms with E-state index in [4.69, 9.17) is 0 Å². The van der Waals surface area contributed by atoms with Crippen LogP contribution in [0.15, 0.2) is 24.3 Å². The van der Waals surface area contributed by atoms with Crippen molar-refractivity contribution in [1.82, 2.24) is 5.32 Å². The van der Waals surface area contributed by atoms with Crippen molar-refractivity contribution in [2.75, 3.05) is 13.1 Å². The van der Waals surface area contributed by atoms with Gasteiger partial charge in [0.1, 0.15) is 5.82 Å². The summed E-state index contributed by atoms with van der Waals surface area (Å²) in [5, 5.41) is 3.19. The van der Waals surface area contributed by atoms with Crippen molar-refractivity contribution in [3.05, 3.63) is 35.6 Å². The number of rotatable bonds is 2. The van der Waals surface area contributed by atoms with Crippen molar-refractivity contribution in [2.45, 2.75) is 12.8 Å². The van der Waals surface area contributed by atoms with Gasteiger partial charge in [0.05, 0.1) is 0 Å².